The van der Waals surface area contributed by atoms with E-state index in [0.29, 0.717) is 12.6 Å². The van der Waals surface area contributed by atoms with Crippen molar-refractivity contribution in [3.63, 3.8) is 0 Å². The largest absolute Gasteiger partial charge is 0.392 e. The Morgan fingerprint density at radius 1 is 1.43 bits per heavy atom. The SMILES string of the molecule is CCC(O)CNCCOC1CCCC1. The van der Waals surface area contributed by atoms with E-state index in [9.17, 15) is 5.11 Å². The van der Waals surface area contributed by atoms with Gasteiger partial charge >= 0.3 is 0 Å². The average molecular weight is 201 g/mol. The molecule has 1 unspecified atom stereocenters. The first-order valence-electron chi connectivity index (χ1n) is 5.83. The number of ether oxygens (including phenoxy) is 1. The highest BCUT2D eigenvalue weighted by molar-refractivity contribution is 4.66. The summed E-state index contributed by atoms with van der Waals surface area (Å²) in [6.45, 7) is 4.31. The second-order valence-corrected chi connectivity index (χ2v) is 4.04. The molecule has 0 aliphatic heterocycles. The van der Waals surface area contributed by atoms with Gasteiger partial charge < -0.3 is 15.2 Å². The van der Waals surface area contributed by atoms with Crippen molar-refractivity contribution in [3.8, 4) is 0 Å². The maximum absolute atomic E-state index is 9.27. The van der Waals surface area contributed by atoms with E-state index < -0.39 is 0 Å². The standard InChI is InChI=1S/C11H23NO2/c1-2-10(13)9-12-7-8-14-11-5-3-4-6-11/h10-13H,2-9H2,1H3. The minimum atomic E-state index is -0.207. The minimum Gasteiger partial charge on any atom is -0.392 e. The molecule has 84 valence electrons. The van der Waals surface area contributed by atoms with E-state index in [4.69, 9.17) is 4.74 Å². The maximum atomic E-state index is 9.27. The topological polar surface area (TPSA) is 41.5 Å². The molecule has 0 heterocycles. The highest BCUT2D eigenvalue weighted by Crippen LogP contribution is 2.20. The van der Waals surface area contributed by atoms with E-state index in [1.54, 1.807) is 0 Å². The predicted octanol–water partition coefficient (Wildman–Crippen LogP) is 1.31. The Morgan fingerprint density at radius 3 is 2.79 bits per heavy atom. The molecule has 0 aromatic heterocycles. The van der Waals surface area contributed by atoms with Gasteiger partial charge in [-0.1, -0.05) is 19.8 Å². The van der Waals surface area contributed by atoms with Gasteiger partial charge in [0.25, 0.3) is 0 Å². The molecular weight excluding hydrogens is 178 g/mol. The Kier molecular flexibility index (Phi) is 6.15. The summed E-state index contributed by atoms with van der Waals surface area (Å²) >= 11 is 0. The van der Waals surface area contributed by atoms with Crippen molar-refractivity contribution in [2.75, 3.05) is 19.7 Å². The molecular formula is C11H23NO2. The number of hydrogen-bond donors (Lipinski definition) is 2. The third-order valence-electron chi connectivity index (χ3n) is 2.79. The van der Waals surface area contributed by atoms with Gasteiger partial charge in [0.2, 0.25) is 0 Å². The molecule has 3 nitrogen and oxygen atoms in total. The molecule has 1 aliphatic carbocycles. The van der Waals surface area contributed by atoms with E-state index in [1.165, 1.54) is 25.7 Å². The molecule has 14 heavy (non-hydrogen) atoms. The smallest absolute Gasteiger partial charge is 0.0662 e. The van der Waals surface area contributed by atoms with Crippen molar-refractivity contribution in [1.82, 2.24) is 5.32 Å². The van der Waals surface area contributed by atoms with Crippen molar-refractivity contribution in [2.24, 2.45) is 0 Å². The van der Waals surface area contributed by atoms with Crippen LogP contribution in [-0.2, 0) is 4.74 Å². The van der Waals surface area contributed by atoms with Crippen LogP contribution < -0.4 is 5.32 Å². The summed E-state index contributed by atoms with van der Waals surface area (Å²) in [5.74, 6) is 0. The third-order valence-corrected chi connectivity index (χ3v) is 2.79. The van der Waals surface area contributed by atoms with Gasteiger partial charge in [0.1, 0.15) is 0 Å². The van der Waals surface area contributed by atoms with Gasteiger partial charge in [0.05, 0.1) is 18.8 Å². The second-order valence-electron chi connectivity index (χ2n) is 4.04. The molecule has 1 rings (SSSR count). The zero-order valence-corrected chi connectivity index (χ0v) is 9.17. The van der Waals surface area contributed by atoms with Gasteiger partial charge in [0.15, 0.2) is 0 Å². The second kappa shape index (κ2) is 7.21. The lowest BCUT2D eigenvalue weighted by Crippen LogP contribution is -2.29. The fraction of sp³-hybridized carbons (Fsp3) is 1.00. The fourth-order valence-corrected chi connectivity index (χ4v) is 1.77. The zero-order valence-electron chi connectivity index (χ0n) is 9.17. The molecule has 1 aliphatic rings. The van der Waals surface area contributed by atoms with E-state index in [-0.39, 0.29) is 6.10 Å². The van der Waals surface area contributed by atoms with Crippen LogP contribution >= 0.6 is 0 Å². The molecule has 0 amide bonds. The molecule has 0 saturated heterocycles. The number of nitrogens with one attached hydrogen (secondary N) is 1. The predicted molar refractivity (Wildman–Crippen MR) is 57.4 cm³/mol. The Balaban J connectivity index is 1.84. The lowest BCUT2D eigenvalue weighted by atomic mass is 10.3. The van der Waals surface area contributed by atoms with Crippen LogP contribution in [0.2, 0.25) is 0 Å². The van der Waals surface area contributed by atoms with Crippen molar-refractivity contribution in [3.05, 3.63) is 0 Å². The van der Waals surface area contributed by atoms with Crippen molar-refractivity contribution < 1.29 is 9.84 Å². The Labute approximate surface area is 86.8 Å². The van der Waals surface area contributed by atoms with E-state index in [2.05, 4.69) is 5.32 Å². The summed E-state index contributed by atoms with van der Waals surface area (Å²) in [7, 11) is 0. The lowest BCUT2D eigenvalue weighted by molar-refractivity contribution is 0.0584. The Bertz CT molecular complexity index is 135. The fourth-order valence-electron chi connectivity index (χ4n) is 1.77. The van der Waals surface area contributed by atoms with Crippen LogP contribution in [0.5, 0.6) is 0 Å². The normalized spacial score (nSPS) is 20.1. The highest BCUT2D eigenvalue weighted by Gasteiger charge is 2.14. The van der Waals surface area contributed by atoms with E-state index in [1.807, 2.05) is 6.92 Å². The number of aliphatic hydroxyl groups excluding tert-OH is 1. The Morgan fingerprint density at radius 2 is 2.14 bits per heavy atom. The van der Waals surface area contributed by atoms with Crippen LogP contribution in [0.4, 0.5) is 0 Å². The molecule has 0 spiro atoms. The first-order valence-corrected chi connectivity index (χ1v) is 5.83. The molecule has 0 aromatic rings. The van der Waals surface area contributed by atoms with Gasteiger partial charge in [-0.05, 0) is 19.3 Å². The molecule has 0 aromatic carbocycles. The van der Waals surface area contributed by atoms with Crippen LogP contribution in [-0.4, -0.2) is 37.0 Å². The van der Waals surface area contributed by atoms with Gasteiger partial charge in [-0.15, -0.1) is 0 Å². The molecule has 0 bridgehead atoms. The highest BCUT2D eigenvalue weighted by atomic mass is 16.5. The van der Waals surface area contributed by atoms with Gasteiger partial charge in [-0.3, -0.25) is 0 Å². The summed E-state index contributed by atoms with van der Waals surface area (Å²) in [6, 6.07) is 0. The van der Waals surface area contributed by atoms with E-state index >= 15 is 0 Å². The van der Waals surface area contributed by atoms with Crippen molar-refractivity contribution in [1.29, 1.82) is 0 Å². The van der Waals surface area contributed by atoms with Crippen LogP contribution in [0, 0.1) is 0 Å². The third kappa shape index (κ3) is 4.94. The van der Waals surface area contributed by atoms with Crippen molar-refractivity contribution in [2.45, 2.75) is 51.2 Å². The quantitative estimate of drug-likeness (QED) is 0.610. The first-order chi connectivity index (χ1) is 6.83. The monoisotopic (exact) mass is 201 g/mol. The maximum Gasteiger partial charge on any atom is 0.0662 e. The van der Waals surface area contributed by atoms with Gasteiger partial charge in [0, 0.05) is 13.1 Å². The summed E-state index contributed by atoms with van der Waals surface area (Å²) in [5, 5.41) is 12.5. The summed E-state index contributed by atoms with van der Waals surface area (Å²) < 4.78 is 5.67. The molecule has 1 atom stereocenters. The van der Waals surface area contributed by atoms with Gasteiger partial charge in [-0.25, -0.2) is 0 Å². The minimum absolute atomic E-state index is 0.207. The van der Waals surface area contributed by atoms with Crippen LogP contribution in [0.25, 0.3) is 0 Å². The lowest BCUT2D eigenvalue weighted by Gasteiger charge is -2.12. The summed E-state index contributed by atoms with van der Waals surface area (Å²) in [6.07, 6.45) is 6.24. The van der Waals surface area contributed by atoms with E-state index in [0.717, 1.165) is 19.6 Å². The number of rotatable bonds is 7. The summed E-state index contributed by atoms with van der Waals surface area (Å²) in [4.78, 5) is 0. The first kappa shape index (κ1) is 12.0. The molecule has 1 saturated carbocycles. The van der Waals surface area contributed by atoms with Crippen LogP contribution in [0.15, 0.2) is 0 Å². The average Bonchev–Trinajstić information content (AvgIpc) is 2.69. The molecule has 0 radical (unpaired) electrons. The van der Waals surface area contributed by atoms with Crippen molar-refractivity contribution >= 4 is 0 Å². The number of aliphatic hydroxyl groups is 1. The Hall–Kier alpha value is -0.120. The molecule has 2 N–H and O–H groups in total. The van der Waals surface area contributed by atoms with Crippen LogP contribution in [0.1, 0.15) is 39.0 Å². The molecule has 3 heteroatoms. The van der Waals surface area contributed by atoms with Gasteiger partial charge in [-0.2, -0.15) is 0 Å². The molecule has 1 fully saturated rings. The summed E-state index contributed by atoms with van der Waals surface area (Å²) in [5.41, 5.74) is 0. The number of hydrogen-bond acceptors (Lipinski definition) is 3. The zero-order chi connectivity index (χ0) is 10.2. The van der Waals surface area contributed by atoms with Crippen LogP contribution in [0.3, 0.4) is 0 Å².